The number of halogens is 3. The van der Waals surface area contributed by atoms with Crippen molar-refractivity contribution in [1.29, 1.82) is 0 Å². The fraction of sp³-hybridized carbons (Fsp3) is 0.696. The molecule has 1 aromatic rings. The minimum absolute atomic E-state index is 0.279. The van der Waals surface area contributed by atoms with Crippen LogP contribution in [0.15, 0.2) is 24.3 Å². The van der Waals surface area contributed by atoms with E-state index in [0.29, 0.717) is 17.9 Å². The molecule has 1 aromatic carbocycles. The molecule has 0 fully saturated rings. The summed E-state index contributed by atoms with van der Waals surface area (Å²) in [6.07, 6.45) is 0.644. The highest BCUT2D eigenvalue weighted by atomic mass is 19.4. The first kappa shape index (κ1) is 26.3. The van der Waals surface area contributed by atoms with Crippen LogP contribution in [0.5, 0.6) is 5.75 Å². The maximum atomic E-state index is 13.1. The van der Waals surface area contributed by atoms with Crippen LogP contribution in [-0.2, 0) is 16.0 Å². The average molecular weight is 432 g/mol. The second kappa shape index (κ2) is 11.6. The fourth-order valence-electron chi connectivity index (χ4n) is 3.08. The lowest BCUT2D eigenvalue weighted by Crippen LogP contribution is -2.55. The van der Waals surface area contributed by atoms with E-state index in [9.17, 15) is 18.0 Å². The van der Waals surface area contributed by atoms with Crippen LogP contribution in [0.3, 0.4) is 0 Å². The van der Waals surface area contributed by atoms with Gasteiger partial charge in [0.05, 0.1) is 13.0 Å². The third-order valence-corrected chi connectivity index (χ3v) is 4.53. The van der Waals surface area contributed by atoms with E-state index in [1.807, 2.05) is 0 Å². The van der Waals surface area contributed by atoms with E-state index in [1.54, 1.807) is 45.0 Å². The van der Waals surface area contributed by atoms with Gasteiger partial charge in [-0.25, -0.2) is 0 Å². The van der Waals surface area contributed by atoms with Crippen molar-refractivity contribution in [3.63, 3.8) is 0 Å². The highest BCUT2D eigenvalue weighted by Crippen LogP contribution is 2.31. The summed E-state index contributed by atoms with van der Waals surface area (Å²) in [5.74, 6) is -0.418. The molecule has 0 unspecified atom stereocenters. The molecule has 0 aliphatic carbocycles. The van der Waals surface area contributed by atoms with Gasteiger partial charge in [-0.3, -0.25) is 4.79 Å². The number of alkyl halides is 3. The average Bonchev–Trinajstić information content (AvgIpc) is 2.59. The molecular formula is C23H36F3NO3. The van der Waals surface area contributed by atoms with Crippen LogP contribution >= 0.6 is 0 Å². The topological polar surface area (TPSA) is 61.5 Å². The number of benzene rings is 1. The molecule has 0 radical (unpaired) electrons. The number of carbonyl (C=O) groups excluding carboxylic acids is 1. The van der Waals surface area contributed by atoms with Gasteiger partial charge in [-0.15, -0.1) is 0 Å². The van der Waals surface area contributed by atoms with Crippen LogP contribution in [-0.4, -0.2) is 29.9 Å². The summed E-state index contributed by atoms with van der Waals surface area (Å²) in [6.45, 7) is 7.55. The molecule has 4 nitrogen and oxygen atoms in total. The maximum absolute atomic E-state index is 13.1. The predicted molar refractivity (Wildman–Crippen MR) is 112 cm³/mol. The van der Waals surface area contributed by atoms with Crippen LogP contribution in [0.4, 0.5) is 13.2 Å². The van der Waals surface area contributed by atoms with Crippen LogP contribution in [0.25, 0.3) is 0 Å². The van der Waals surface area contributed by atoms with Crippen molar-refractivity contribution in [3.8, 4) is 5.75 Å². The Bertz CT molecular complexity index is 639. The minimum Gasteiger partial charge on any atom is -0.494 e. The van der Waals surface area contributed by atoms with E-state index in [2.05, 4.69) is 6.92 Å². The van der Waals surface area contributed by atoms with E-state index in [1.165, 1.54) is 25.7 Å². The van der Waals surface area contributed by atoms with Crippen LogP contribution < -0.4 is 10.5 Å². The molecule has 1 atom stereocenters. The number of nitrogens with two attached hydrogens (primary N) is 1. The molecule has 30 heavy (non-hydrogen) atoms. The van der Waals surface area contributed by atoms with Crippen LogP contribution in [0, 0.1) is 0 Å². The van der Waals surface area contributed by atoms with Gasteiger partial charge in [0.15, 0.2) is 0 Å². The number of esters is 1. The zero-order valence-corrected chi connectivity index (χ0v) is 18.6. The summed E-state index contributed by atoms with van der Waals surface area (Å²) in [6, 6.07) is 6.66. The Morgan fingerprint density at radius 2 is 1.53 bits per heavy atom. The molecule has 0 amide bonds. The van der Waals surface area contributed by atoms with E-state index >= 15 is 0 Å². The van der Waals surface area contributed by atoms with E-state index in [4.69, 9.17) is 15.2 Å². The van der Waals surface area contributed by atoms with Crippen LogP contribution in [0.2, 0.25) is 0 Å². The van der Waals surface area contributed by atoms with E-state index in [0.717, 1.165) is 12.8 Å². The van der Waals surface area contributed by atoms with Crippen molar-refractivity contribution >= 4 is 5.97 Å². The highest BCUT2D eigenvalue weighted by molar-refractivity contribution is 5.81. The third-order valence-electron chi connectivity index (χ3n) is 4.53. The number of rotatable bonds is 12. The van der Waals surface area contributed by atoms with Crippen molar-refractivity contribution in [2.24, 2.45) is 5.73 Å². The molecular weight excluding hydrogens is 395 g/mol. The largest absolute Gasteiger partial charge is 0.494 e. The molecule has 7 heteroatoms. The van der Waals surface area contributed by atoms with Crippen LogP contribution in [0.1, 0.15) is 78.2 Å². The van der Waals surface area contributed by atoms with Gasteiger partial charge in [-0.1, -0.05) is 51.2 Å². The Labute approximate surface area is 178 Å². The predicted octanol–water partition coefficient (Wildman–Crippen LogP) is 5.96. The summed E-state index contributed by atoms with van der Waals surface area (Å²) < 4.78 is 50.1. The first-order chi connectivity index (χ1) is 13.8. The fourth-order valence-corrected chi connectivity index (χ4v) is 3.08. The molecule has 1 rings (SSSR count). The van der Waals surface area contributed by atoms with Gasteiger partial charge in [0.25, 0.3) is 0 Å². The lowest BCUT2D eigenvalue weighted by molar-refractivity contribution is -0.179. The zero-order chi connectivity index (χ0) is 22.8. The van der Waals surface area contributed by atoms with Gasteiger partial charge in [-0.2, -0.15) is 13.2 Å². The maximum Gasteiger partial charge on any atom is 0.391 e. The number of unbranched alkanes of at least 4 members (excludes halogenated alkanes) is 5. The summed E-state index contributed by atoms with van der Waals surface area (Å²) in [4.78, 5) is 12.4. The number of hydrogen-bond donors (Lipinski definition) is 1. The monoisotopic (exact) mass is 431 g/mol. The zero-order valence-electron chi connectivity index (χ0n) is 18.6. The Hall–Kier alpha value is -1.76. The second-order valence-corrected chi connectivity index (χ2v) is 8.89. The molecule has 0 aliphatic rings. The Balaban J connectivity index is 2.68. The van der Waals surface area contributed by atoms with Gasteiger partial charge in [0.2, 0.25) is 0 Å². The quantitative estimate of drug-likeness (QED) is 0.328. The molecule has 0 aromatic heterocycles. The molecule has 0 saturated carbocycles. The summed E-state index contributed by atoms with van der Waals surface area (Å²) in [5, 5.41) is 0. The molecule has 0 saturated heterocycles. The van der Waals surface area contributed by atoms with Gasteiger partial charge in [0.1, 0.15) is 16.9 Å². The van der Waals surface area contributed by atoms with Gasteiger partial charge in [-0.05, 0) is 44.9 Å². The molecule has 0 heterocycles. The molecule has 0 aliphatic heterocycles. The Morgan fingerprint density at radius 1 is 0.967 bits per heavy atom. The normalized spacial score (nSPS) is 14.3. The van der Waals surface area contributed by atoms with Crippen molar-refractivity contribution in [2.45, 2.75) is 96.4 Å². The van der Waals surface area contributed by atoms with Gasteiger partial charge in [0, 0.05) is 6.42 Å². The lowest BCUT2D eigenvalue weighted by atomic mass is 9.88. The summed E-state index contributed by atoms with van der Waals surface area (Å²) in [7, 11) is 0. The molecule has 0 spiro atoms. The summed E-state index contributed by atoms with van der Waals surface area (Å²) >= 11 is 0. The van der Waals surface area contributed by atoms with Crippen molar-refractivity contribution in [2.75, 3.05) is 6.61 Å². The lowest BCUT2D eigenvalue weighted by Gasteiger charge is -2.32. The summed E-state index contributed by atoms with van der Waals surface area (Å²) in [5.41, 5.74) is 3.32. The third kappa shape index (κ3) is 10.9. The first-order valence-electron chi connectivity index (χ1n) is 10.7. The number of hydrogen-bond acceptors (Lipinski definition) is 4. The van der Waals surface area contributed by atoms with E-state index < -0.39 is 29.7 Å². The van der Waals surface area contributed by atoms with Crippen molar-refractivity contribution in [3.05, 3.63) is 29.8 Å². The molecule has 172 valence electrons. The smallest absolute Gasteiger partial charge is 0.391 e. The standard InChI is InChI=1S/C23H36F3NO3/c1-5-6-7-8-9-10-15-29-19-13-11-18(12-14-19)16-22(27,17-23(24,25)26)20(28)30-21(2,3)4/h11-14H,5-10,15-17,27H2,1-4H3/t22-/m1/s1. The molecule has 2 N–H and O–H groups in total. The van der Waals surface area contributed by atoms with Gasteiger partial charge < -0.3 is 15.2 Å². The van der Waals surface area contributed by atoms with Gasteiger partial charge >= 0.3 is 12.1 Å². The van der Waals surface area contributed by atoms with Crippen molar-refractivity contribution in [1.82, 2.24) is 0 Å². The van der Waals surface area contributed by atoms with Crippen molar-refractivity contribution < 1.29 is 27.4 Å². The highest BCUT2D eigenvalue weighted by Gasteiger charge is 2.47. The Kier molecular flexibility index (Phi) is 10.1. The number of ether oxygens (including phenoxy) is 2. The second-order valence-electron chi connectivity index (χ2n) is 8.89. The SMILES string of the molecule is CCCCCCCCOc1ccc(C[C@@](N)(CC(F)(F)F)C(=O)OC(C)(C)C)cc1. The molecule has 0 bridgehead atoms. The number of carbonyl (C=O) groups is 1. The Morgan fingerprint density at radius 3 is 2.07 bits per heavy atom. The van der Waals surface area contributed by atoms with E-state index in [-0.39, 0.29) is 6.42 Å². The minimum atomic E-state index is -4.59. The first-order valence-corrected chi connectivity index (χ1v) is 10.7.